The van der Waals surface area contributed by atoms with Crippen LogP contribution in [0.5, 0.6) is 0 Å². The van der Waals surface area contributed by atoms with Gasteiger partial charge in [0, 0.05) is 30.1 Å². The zero-order valence-corrected chi connectivity index (χ0v) is 28.1. The van der Waals surface area contributed by atoms with E-state index >= 15 is 0 Å². The molecule has 3 aromatic carbocycles. The number of benzene rings is 3. The van der Waals surface area contributed by atoms with E-state index in [1.54, 1.807) is 0 Å². The van der Waals surface area contributed by atoms with E-state index in [2.05, 4.69) is 19.2 Å². The molecule has 0 saturated carbocycles. The highest BCUT2D eigenvalue weighted by Gasteiger charge is 2.34. The van der Waals surface area contributed by atoms with Crippen molar-refractivity contribution in [1.29, 1.82) is 0 Å². The zero-order valence-electron chi connectivity index (χ0n) is 25.5. The lowest BCUT2D eigenvalue weighted by Gasteiger charge is -2.27. The average molecular weight is 652 g/mol. The summed E-state index contributed by atoms with van der Waals surface area (Å²) in [6.07, 6.45) is 0.313. The second-order valence-electron chi connectivity index (χ2n) is 10.6. The third kappa shape index (κ3) is 10.1. The first-order valence-electron chi connectivity index (χ1n) is 14.3. The van der Waals surface area contributed by atoms with Crippen LogP contribution in [0.25, 0.3) is 0 Å². The van der Waals surface area contributed by atoms with Gasteiger partial charge in [0.05, 0.1) is 18.5 Å². The fourth-order valence-corrected chi connectivity index (χ4v) is 6.15. The third-order valence-electron chi connectivity index (χ3n) is 6.95. The summed E-state index contributed by atoms with van der Waals surface area (Å²) in [5.41, 5.74) is 2.89. The average Bonchev–Trinajstić information content (AvgIpc) is 3.51. The lowest BCUT2D eigenvalue weighted by atomic mass is 9.83. The number of nitrogens with one attached hydrogen (secondary N) is 1. The normalized spacial score (nSPS) is 11.7. The van der Waals surface area contributed by atoms with E-state index in [0.29, 0.717) is 17.3 Å². The van der Waals surface area contributed by atoms with Crippen molar-refractivity contribution in [3.05, 3.63) is 124 Å². The van der Waals surface area contributed by atoms with E-state index in [-0.39, 0.29) is 19.3 Å². The number of hydrogen-bond acceptors (Lipinski definition) is 8. The van der Waals surface area contributed by atoms with Gasteiger partial charge in [0.25, 0.3) is 0 Å². The molecule has 0 aliphatic rings. The summed E-state index contributed by atoms with van der Waals surface area (Å²) in [6, 6.07) is 32.5. The van der Waals surface area contributed by atoms with E-state index in [9.17, 15) is 9.59 Å². The number of ketones is 1. The molecule has 0 fully saturated rings. The quantitative estimate of drug-likeness (QED) is 0.0603. The van der Waals surface area contributed by atoms with Crippen molar-refractivity contribution in [2.75, 3.05) is 25.0 Å². The molecular formula is C34H41N3O4S3. The number of thiophene rings is 1. The number of anilines is 1. The maximum Gasteiger partial charge on any atom is 0.407 e. The molecule has 1 N–H and O–H groups in total. The van der Waals surface area contributed by atoms with Gasteiger partial charge < -0.3 is 10.1 Å². The van der Waals surface area contributed by atoms with Gasteiger partial charge in [-0.3, -0.25) is 9.10 Å². The lowest BCUT2D eigenvalue weighted by Crippen LogP contribution is -2.45. The minimum absolute atomic E-state index is 0. The standard InChI is InChI=1S/C34H39N3O4S2.H2S/c1-25(2)22-23-37(41-43-36(3)28-18-12-7-13-19-28)24-29-20-21-30(42-29)33(38)32(35-34(39)40-4)31(26-14-8-5-9-15-26)27-16-10-6-11-17-27;/h5-21,25,31-32H,22-24H2,1-4H3,(H,35,39);1H2. The van der Waals surface area contributed by atoms with Crippen molar-refractivity contribution < 1.29 is 18.6 Å². The van der Waals surface area contributed by atoms with Crippen molar-refractivity contribution in [2.24, 2.45) is 5.92 Å². The first kappa shape index (κ1) is 35.2. The fourth-order valence-electron chi connectivity index (χ4n) is 4.63. The molecule has 7 nitrogen and oxygen atoms in total. The number of alkyl carbamates (subject to hydrolysis) is 1. The summed E-state index contributed by atoms with van der Waals surface area (Å²) in [5.74, 6) is -0.0657. The van der Waals surface area contributed by atoms with Crippen LogP contribution in [0.3, 0.4) is 0 Å². The molecule has 0 saturated heterocycles. The molecule has 4 rings (SSSR count). The van der Waals surface area contributed by atoms with Crippen LogP contribution < -0.4 is 9.62 Å². The summed E-state index contributed by atoms with van der Waals surface area (Å²) in [6.45, 7) is 5.64. The number of hydrogen-bond donors (Lipinski definition) is 1. The van der Waals surface area contributed by atoms with E-state index in [0.717, 1.165) is 34.7 Å². The minimum atomic E-state index is -0.868. The highest BCUT2D eigenvalue weighted by molar-refractivity contribution is 7.96. The van der Waals surface area contributed by atoms with E-state index in [1.807, 2.05) is 120 Å². The number of hydroxylamine groups is 2. The second-order valence-corrected chi connectivity index (χ2v) is 12.6. The Morgan fingerprint density at radius 2 is 1.43 bits per heavy atom. The van der Waals surface area contributed by atoms with Gasteiger partial charge in [-0.15, -0.1) is 11.3 Å². The van der Waals surface area contributed by atoms with Gasteiger partial charge >= 0.3 is 6.09 Å². The predicted molar refractivity (Wildman–Crippen MR) is 186 cm³/mol. The van der Waals surface area contributed by atoms with Gasteiger partial charge in [0.1, 0.15) is 18.3 Å². The monoisotopic (exact) mass is 651 g/mol. The van der Waals surface area contributed by atoms with Crippen molar-refractivity contribution in [2.45, 2.75) is 38.8 Å². The first-order chi connectivity index (χ1) is 20.9. The Labute approximate surface area is 276 Å². The molecule has 0 aliphatic heterocycles. The smallest absolute Gasteiger partial charge is 0.407 e. The highest BCUT2D eigenvalue weighted by Crippen LogP contribution is 2.32. The van der Waals surface area contributed by atoms with Crippen molar-refractivity contribution in [1.82, 2.24) is 10.4 Å². The van der Waals surface area contributed by atoms with E-state index in [1.165, 1.54) is 30.7 Å². The van der Waals surface area contributed by atoms with E-state index < -0.39 is 18.1 Å². The van der Waals surface area contributed by atoms with Crippen LogP contribution >= 0.6 is 37.1 Å². The first-order valence-corrected chi connectivity index (χ1v) is 15.8. The van der Waals surface area contributed by atoms with Gasteiger partial charge in [-0.25, -0.2) is 9.08 Å². The number of para-hydroxylation sites is 1. The predicted octanol–water partition coefficient (Wildman–Crippen LogP) is 8.08. The largest absolute Gasteiger partial charge is 0.453 e. The molecule has 44 heavy (non-hydrogen) atoms. The fraction of sp³-hybridized carbons (Fsp3) is 0.294. The Kier molecular flexibility index (Phi) is 14.3. The van der Waals surface area contributed by atoms with Crippen LogP contribution in [0.15, 0.2) is 103 Å². The van der Waals surface area contributed by atoms with Crippen LogP contribution in [-0.4, -0.2) is 43.7 Å². The summed E-state index contributed by atoms with van der Waals surface area (Å²) < 4.78 is 13.1. The van der Waals surface area contributed by atoms with Gasteiger partial charge in [0.15, 0.2) is 5.78 Å². The number of ether oxygens (including phenoxy) is 1. The third-order valence-corrected chi connectivity index (χ3v) is 8.75. The molecule has 10 heteroatoms. The molecule has 4 aromatic rings. The Morgan fingerprint density at radius 3 is 1.98 bits per heavy atom. The Hall–Kier alpha value is -3.28. The Morgan fingerprint density at radius 1 is 0.864 bits per heavy atom. The van der Waals surface area contributed by atoms with Crippen LogP contribution in [0.4, 0.5) is 10.5 Å². The molecule has 0 aliphatic carbocycles. The van der Waals surface area contributed by atoms with Crippen molar-refractivity contribution in [3.63, 3.8) is 0 Å². The Bertz CT molecular complexity index is 1380. The summed E-state index contributed by atoms with van der Waals surface area (Å²) in [5, 5.41) is 4.78. The Balaban J connectivity index is 0.00000529. The van der Waals surface area contributed by atoms with E-state index in [4.69, 9.17) is 9.02 Å². The summed E-state index contributed by atoms with van der Waals surface area (Å²) in [4.78, 5) is 28.2. The molecule has 0 bridgehead atoms. The molecule has 1 unspecified atom stereocenters. The molecule has 1 atom stereocenters. The number of Topliss-reactive ketones (excluding diaryl/α,β-unsaturated/α-hetero) is 1. The number of methoxy groups -OCH3 is 1. The molecule has 234 valence electrons. The van der Waals surface area contributed by atoms with Crippen LogP contribution in [0.2, 0.25) is 0 Å². The van der Waals surface area contributed by atoms with Crippen LogP contribution in [0.1, 0.15) is 51.9 Å². The molecular weight excluding hydrogens is 611 g/mol. The van der Waals surface area contributed by atoms with Crippen molar-refractivity contribution >= 4 is 54.6 Å². The highest BCUT2D eigenvalue weighted by atomic mass is 32.2. The molecule has 1 aromatic heterocycles. The van der Waals surface area contributed by atoms with Gasteiger partial charge in [-0.1, -0.05) is 92.7 Å². The zero-order chi connectivity index (χ0) is 30.6. The number of carbonyl (C=O) groups is 2. The summed E-state index contributed by atoms with van der Waals surface area (Å²) in [7, 11) is 3.27. The number of amides is 1. The topological polar surface area (TPSA) is 71.1 Å². The summed E-state index contributed by atoms with van der Waals surface area (Å²) >= 11 is 2.69. The number of rotatable bonds is 15. The maximum absolute atomic E-state index is 14.2. The van der Waals surface area contributed by atoms with Crippen LogP contribution in [-0.2, 0) is 15.6 Å². The number of carbonyl (C=O) groups excluding carboxylic acids is 2. The molecule has 0 radical (unpaired) electrons. The molecule has 0 spiro atoms. The number of nitrogens with zero attached hydrogens (tertiary/aromatic N) is 2. The van der Waals surface area contributed by atoms with Crippen molar-refractivity contribution in [3.8, 4) is 0 Å². The van der Waals surface area contributed by atoms with Gasteiger partial charge in [0.2, 0.25) is 0 Å². The van der Waals surface area contributed by atoms with Gasteiger partial charge in [-0.05, 0) is 47.7 Å². The molecule has 1 heterocycles. The molecule has 1 amide bonds. The van der Waals surface area contributed by atoms with Crippen LogP contribution in [0, 0.1) is 5.92 Å². The SMILES string of the molecule is COC(=O)NC(C(=O)c1ccc(CN(CCC(C)C)OSN(C)c2ccccc2)s1)C(c1ccccc1)c1ccccc1.S. The van der Waals surface area contributed by atoms with Gasteiger partial charge in [-0.2, -0.15) is 18.6 Å². The maximum atomic E-state index is 14.2. The second kappa shape index (κ2) is 17.9. The minimum Gasteiger partial charge on any atom is -0.453 e. The lowest BCUT2D eigenvalue weighted by molar-refractivity contribution is -0.0488.